The van der Waals surface area contributed by atoms with Gasteiger partial charge in [-0.05, 0) is 0 Å². The molecule has 0 bridgehead atoms. The molecule has 0 fully saturated rings. The van der Waals surface area contributed by atoms with Gasteiger partial charge in [-0.15, -0.1) is 0 Å². The summed E-state index contributed by atoms with van der Waals surface area (Å²) < 4.78 is 32.8. The molecule has 0 atom stereocenters. The van der Waals surface area contributed by atoms with Crippen molar-refractivity contribution in [2.45, 2.75) is 0 Å². The fourth-order valence-corrected chi connectivity index (χ4v) is 0.778. The third kappa shape index (κ3) is 11.5. The molecule has 9 heavy (non-hydrogen) atoms. The molecule has 0 aromatic heterocycles. The summed E-state index contributed by atoms with van der Waals surface area (Å²) in [7, 11) is 0. The molecule has 0 aliphatic heterocycles. The fraction of sp³-hybridized carbons (Fsp3) is 0.333. The molecule has 0 saturated heterocycles. The van der Waals surface area contributed by atoms with Crippen LogP contribution in [0.25, 0.3) is 0 Å². The van der Waals surface area contributed by atoms with Crippen molar-refractivity contribution >= 4 is 0 Å². The van der Waals surface area contributed by atoms with Crippen LogP contribution in [0.2, 0.25) is 0 Å². The Morgan fingerprint density at radius 3 is 2.22 bits per heavy atom. The van der Waals surface area contributed by atoms with Gasteiger partial charge in [0, 0.05) is 0 Å². The van der Waals surface area contributed by atoms with E-state index in [-0.39, 0.29) is 12.8 Å². The van der Waals surface area contributed by atoms with Crippen LogP contribution in [0.3, 0.4) is 0 Å². The second-order valence-corrected chi connectivity index (χ2v) is 3.57. The van der Waals surface area contributed by atoms with Crippen molar-refractivity contribution in [1.82, 2.24) is 6.15 Å². The van der Waals surface area contributed by atoms with E-state index in [4.69, 9.17) is 0 Å². The van der Waals surface area contributed by atoms with Gasteiger partial charge in [0.25, 0.3) is 0 Å². The van der Waals surface area contributed by atoms with E-state index in [2.05, 4.69) is 9.97 Å². The molecule has 0 amide bonds. The Kier molecular flexibility index (Phi) is 6.17. The first-order valence-corrected chi connectivity index (χ1v) is 5.05. The zero-order chi connectivity index (χ0) is 6.62. The second kappa shape index (κ2) is 4.76. The van der Waals surface area contributed by atoms with Crippen LogP contribution in [0.4, 0.5) is 0 Å². The van der Waals surface area contributed by atoms with Gasteiger partial charge in [-0.1, -0.05) is 0 Å². The van der Waals surface area contributed by atoms with Crippen LogP contribution in [0.15, 0.2) is 12.7 Å². The van der Waals surface area contributed by atoms with Gasteiger partial charge in [-0.3, -0.25) is 0 Å². The molecule has 4 N–H and O–H groups in total. The Bertz CT molecular complexity index is 161. The SMILES string of the molecule is C=CC[O][Mo](=[O])(=[O])[O-].[NH4+]. The number of hydrogen-bond donors (Lipinski definition) is 1. The fourth-order valence-electron chi connectivity index (χ4n) is 0.131. The van der Waals surface area contributed by atoms with Crippen molar-refractivity contribution in [3.05, 3.63) is 12.7 Å². The van der Waals surface area contributed by atoms with Gasteiger partial charge in [0.15, 0.2) is 0 Å². The minimum Gasteiger partial charge on any atom is -0.369 e. The quantitative estimate of drug-likeness (QED) is 0.515. The van der Waals surface area contributed by atoms with Gasteiger partial charge in [-0.25, -0.2) is 0 Å². The van der Waals surface area contributed by atoms with Crippen LogP contribution in [0, 0.1) is 0 Å². The molecule has 0 rings (SSSR count). The molecule has 0 heterocycles. The Balaban J connectivity index is 0. The number of rotatable bonds is 3. The van der Waals surface area contributed by atoms with Crippen molar-refractivity contribution in [3.8, 4) is 0 Å². The van der Waals surface area contributed by atoms with Gasteiger partial charge in [0.1, 0.15) is 0 Å². The molecule has 6 heteroatoms. The molecular weight excluding hydrogens is 210 g/mol. The summed E-state index contributed by atoms with van der Waals surface area (Å²) in [5.74, 6) is 0. The van der Waals surface area contributed by atoms with E-state index in [0.29, 0.717) is 0 Å². The topological polar surface area (TPSA) is 103 Å². The summed E-state index contributed by atoms with van der Waals surface area (Å²) in [6.45, 7) is 2.94. The Morgan fingerprint density at radius 2 is 2.11 bits per heavy atom. The van der Waals surface area contributed by atoms with E-state index in [9.17, 15) is 10.6 Å². The van der Waals surface area contributed by atoms with E-state index in [1.807, 2.05) is 0 Å². The van der Waals surface area contributed by atoms with E-state index < -0.39 is 16.7 Å². The minimum atomic E-state index is -5.45. The molecule has 56 valence electrons. The Labute approximate surface area is 56.6 Å². The molecule has 0 aromatic rings. The van der Waals surface area contributed by atoms with E-state index in [0.717, 1.165) is 0 Å². The maximum Gasteiger partial charge on any atom is -0.369 e. The summed E-state index contributed by atoms with van der Waals surface area (Å²) in [5, 5.41) is 0. The second-order valence-electron chi connectivity index (χ2n) is 0.981. The molecule has 0 aliphatic rings. The largest absolute Gasteiger partial charge is 0.369 e. The molecule has 0 radical (unpaired) electrons. The van der Waals surface area contributed by atoms with Crippen molar-refractivity contribution < 1.29 is 30.7 Å². The zero-order valence-electron chi connectivity index (χ0n) is 5.03. The van der Waals surface area contributed by atoms with E-state index >= 15 is 0 Å². The van der Waals surface area contributed by atoms with Gasteiger partial charge >= 0.3 is 50.0 Å². The van der Waals surface area contributed by atoms with E-state index in [1.165, 1.54) is 6.08 Å². The van der Waals surface area contributed by atoms with Crippen LogP contribution in [0.1, 0.15) is 0 Å². The van der Waals surface area contributed by atoms with Crippen LogP contribution in [-0.4, -0.2) is 6.61 Å². The maximum absolute atomic E-state index is 9.67. The average molecular weight is 219 g/mol. The van der Waals surface area contributed by atoms with Crippen LogP contribution >= 0.6 is 0 Å². The third-order valence-corrected chi connectivity index (χ3v) is 1.37. The summed E-state index contributed by atoms with van der Waals surface area (Å²) in [5.41, 5.74) is 0. The average Bonchev–Trinajstić information content (AvgIpc) is 1.59. The first kappa shape index (κ1) is 11.7. The monoisotopic (exact) mass is 221 g/mol. The summed E-state index contributed by atoms with van der Waals surface area (Å²) in [6.07, 6.45) is 1.20. The molecule has 0 saturated carbocycles. The molecule has 0 spiro atoms. The van der Waals surface area contributed by atoms with Gasteiger partial charge in [0.05, 0.1) is 0 Å². The van der Waals surface area contributed by atoms with Gasteiger partial charge in [-0.2, -0.15) is 0 Å². The summed E-state index contributed by atoms with van der Waals surface area (Å²) >= 11 is -5.45. The van der Waals surface area contributed by atoms with Crippen LogP contribution in [-0.2, 0) is 26.9 Å². The minimum absolute atomic E-state index is 0. The van der Waals surface area contributed by atoms with Crippen LogP contribution < -0.4 is 9.91 Å². The Morgan fingerprint density at radius 1 is 1.67 bits per heavy atom. The van der Waals surface area contributed by atoms with Crippen LogP contribution in [0.5, 0.6) is 0 Å². The summed E-state index contributed by atoms with van der Waals surface area (Å²) in [4.78, 5) is 0. The first-order valence-electron chi connectivity index (χ1n) is 1.77. The first-order chi connectivity index (χ1) is 3.56. The Hall–Kier alpha value is -0.0917. The molecule has 0 unspecified atom stereocenters. The predicted octanol–water partition coefficient (Wildman–Crippen LogP) is -0.400. The molecule has 0 aromatic carbocycles. The van der Waals surface area contributed by atoms with Crippen molar-refractivity contribution in [2.75, 3.05) is 6.61 Å². The van der Waals surface area contributed by atoms with Crippen molar-refractivity contribution in [3.63, 3.8) is 0 Å². The normalized spacial score (nSPS) is 9.89. The van der Waals surface area contributed by atoms with E-state index in [1.54, 1.807) is 0 Å². The molecular formula is C3H9MoNO4. The number of quaternary nitrogens is 1. The number of hydrogen-bond acceptors (Lipinski definition) is 4. The van der Waals surface area contributed by atoms with Crippen molar-refractivity contribution in [2.24, 2.45) is 0 Å². The van der Waals surface area contributed by atoms with Gasteiger partial charge in [0.2, 0.25) is 0 Å². The standard InChI is InChI=1S/C3H5O.Mo.H3N.3O/c1-2-3-4;;;;;/h2H,1,3H2;;1H3;;;/q-1;+1;;;;-1/p+1. The predicted molar refractivity (Wildman–Crippen MR) is 23.5 cm³/mol. The molecule has 5 nitrogen and oxygen atoms in total. The maximum atomic E-state index is 9.67. The summed E-state index contributed by atoms with van der Waals surface area (Å²) in [6, 6.07) is 0. The van der Waals surface area contributed by atoms with Crippen molar-refractivity contribution in [1.29, 1.82) is 0 Å². The molecule has 0 aliphatic carbocycles. The smallest absolute Gasteiger partial charge is 0.369 e. The zero-order valence-corrected chi connectivity index (χ0v) is 7.04. The van der Waals surface area contributed by atoms with Gasteiger partial charge < -0.3 is 6.15 Å². The third-order valence-electron chi connectivity index (χ3n) is 0.330.